The maximum Gasteiger partial charge on any atom is 0.326 e. The van der Waals surface area contributed by atoms with E-state index in [0.717, 1.165) is 78.5 Å². The van der Waals surface area contributed by atoms with Crippen molar-refractivity contribution in [3.63, 3.8) is 0 Å². The maximum absolute atomic E-state index is 12.3. The van der Waals surface area contributed by atoms with Crippen LogP contribution < -0.4 is 20.3 Å². The van der Waals surface area contributed by atoms with Gasteiger partial charge >= 0.3 is 5.97 Å². The first-order valence-electron chi connectivity index (χ1n) is 14.6. The molecule has 4 aromatic rings. The van der Waals surface area contributed by atoms with Gasteiger partial charge < -0.3 is 29.9 Å². The third-order valence-corrected chi connectivity index (χ3v) is 8.10. The Bertz CT molecular complexity index is 1460. The molecule has 2 aromatic heterocycles. The molecule has 0 amide bonds. The van der Waals surface area contributed by atoms with Crippen molar-refractivity contribution in [1.82, 2.24) is 14.5 Å². The smallest absolute Gasteiger partial charge is 0.326 e. The molecule has 2 aromatic carbocycles. The normalized spacial score (nSPS) is 14.4. The van der Waals surface area contributed by atoms with Crippen LogP contribution in [0.2, 0.25) is 0 Å². The van der Waals surface area contributed by atoms with Gasteiger partial charge in [-0.25, -0.2) is 14.8 Å². The Morgan fingerprint density at radius 3 is 2.55 bits per heavy atom. The molecular weight excluding hydrogens is 528 g/mol. The lowest BCUT2D eigenvalue weighted by atomic mass is 9.96. The minimum absolute atomic E-state index is 0.396. The summed E-state index contributed by atoms with van der Waals surface area (Å²) < 4.78 is 7.25. The number of aliphatic carboxylic acids is 1. The molecule has 0 radical (unpaired) electrons. The summed E-state index contributed by atoms with van der Waals surface area (Å²) >= 11 is 0. The van der Waals surface area contributed by atoms with E-state index in [1.807, 2.05) is 29.8 Å². The monoisotopic (exact) mass is 568 g/mol. The van der Waals surface area contributed by atoms with Crippen molar-refractivity contribution in [2.75, 3.05) is 42.3 Å². The molecule has 0 aliphatic carbocycles. The van der Waals surface area contributed by atoms with E-state index in [-0.39, 0.29) is 0 Å². The topological polar surface area (TPSA) is 105 Å². The number of carboxylic acids is 1. The van der Waals surface area contributed by atoms with Gasteiger partial charge in [-0.15, -0.1) is 0 Å². The number of rotatable bonds is 12. The zero-order chi connectivity index (χ0) is 29.5. The number of nitrogens with one attached hydrogen (secondary N) is 2. The number of imidazole rings is 1. The van der Waals surface area contributed by atoms with E-state index in [2.05, 4.69) is 68.8 Å². The average molecular weight is 569 g/mol. The maximum atomic E-state index is 12.3. The number of hydrogen-bond acceptors (Lipinski definition) is 7. The Morgan fingerprint density at radius 1 is 1.10 bits per heavy atom. The van der Waals surface area contributed by atoms with Crippen molar-refractivity contribution >= 4 is 23.2 Å². The number of aromatic nitrogens is 3. The van der Waals surface area contributed by atoms with Gasteiger partial charge in [-0.2, -0.15) is 0 Å². The van der Waals surface area contributed by atoms with Crippen LogP contribution in [0.3, 0.4) is 0 Å². The van der Waals surface area contributed by atoms with Crippen molar-refractivity contribution in [3.8, 4) is 11.4 Å². The molecule has 3 heterocycles. The number of nitrogens with zero attached hydrogens (tertiary/aromatic N) is 4. The van der Waals surface area contributed by atoms with Gasteiger partial charge in [-0.05, 0) is 79.1 Å². The first-order valence-corrected chi connectivity index (χ1v) is 14.6. The summed E-state index contributed by atoms with van der Waals surface area (Å²) in [6.07, 6.45) is 10.6. The standard InChI is InChI=1S/C33H40N6O3/c1-4-26-19-28(39-16-13-34-22-39)17-23(2)32(26)37-30(33(40)41)18-24-5-7-27(8-6-24)38-14-10-25(11-15-38)21-36-31-20-29(42-3)9-12-35-31/h5-9,12-13,16-17,19-20,22,25,30,37H,4,10-11,14-15,18,21H2,1-3H3,(H,35,36)(H,40,41). The Morgan fingerprint density at radius 2 is 1.88 bits per heavy atom. The summed E-state index contributed by atoms with van der Waals surface area (Å²) in [5.41, 5.74) is 6.18. The van der Waals surface area contributed by atoms with Crippen LogP contribution in [0.25, 0.3) is 5.69 Å². The zero-order valence-corrected chi connectivity index (χ0v) is 24.6. The van der Waals surface area contributed by atoms with Gasteiger partial charge in [0.05, 0.1) is 13.4 Å². The van der Waals surface area contributed by atoms with Crippen LogP contribution in [-0.2, 0) is 17.6 Å². The van der Waals surface area contributed by atoms with E-state index in [1.165, 1.54) is 5.69 Å². The molecule has 9 nitrogen and oxygen atoms in total. The van der Waals surface area contributed by atoms with Crippen molar-refractivity contribution < 1.29 is 14.6 Å². The van der Waals surface area contributed by atoms with E-state index in [1.54, 1.807) is 25.8 Å². The lowest BCUT2D eigenvalue weighted by molar-refractivity contribution is -0.137. The van der Waals surface area contributed by atoms with Gasteiger partial charge in [0.1, 0.15) is 17.6 Å². The number of ether oxygens (including phenoxy) is 1. The highest BCUT2D eigenvalue weighted by molar-refractivity contribution is 5.79. The molecule has 1 atom stereocenters. The van der Waals surface area contributed by atoms with Crippen LogP contribution in [0.4, 0.5) is 17.2 Å². The number of methoxy groups -OCH3 is 1. The number of benzene rings is 2. The van der Waals surface area contributed by atoms with Gasteiger partial charge in [0.15, 0.2) is 0 Å². The second-order valence-electron chi connectivity index (χ2n) is 10.9. The summed E-state index contributed by atoms with van der Waals surface area (Å²) in [6.45, 7) is 6.98. The number of hydrogen-bond donors (Lipinski definition) is 3. The van der Waals surface area contributed by atoms with Crippen LogP contribution >= 0.6 is 0 Å². The molecule has 42 heavy (non-hydrogen) atoms. The van der Waals surface area contributed by atoms with E-state index in [0.29, 0.717) is 12.3 Å². The lowest BCUT2D eigenvalue weighted by Crippen LogP contribution is -2.36. The highest BCUT2D eigenvalue weighted by Gasteiger charge is 2.22. The lowest BCUT2D eigenvalue weighted by Gasteiger charge is -2.34. The second kappa shape index (κ2) is 13.4. The number of carbonyl (C=O) groups is 1. The number of aryl methyl sites for hydroxylation is 2. The van der Waals surface area contributed by atoms with Gasteiger partial charge in [-0.1, -0.05) is 19.1 Å². The Hall–Kier alpha value is -4.53. The third kappa shape index (κ3) is 7.02. The van der Waals surface area contributed by atoms with Crippen molar-refractivity contribution in [3.05, 3.63) is 90.1 Å². The van der Waals surface area contributed by atoms with Crippen LogP contribution in [0.5, 0.6) is 5.75 Å². The number of carboxylic acid groups (broad SMARTS) is 1. The number of pyridine rings is 1. The fourth-order valence-electron chi connectivity index (χ4n) is 5.62. The largest absolute Gasteiger partial charge is 0.497 e. The fourth-order valence-corrected chi connectivity index (χ4v) is 5.62. The van der Waals surface area contributed by atoms with Gasteiger partial charge in [0, 0.05) is 67.8 Å². The predicted octanol–water partition coefficient (Wildman–Crippen LogP) is 5.58. The molecule has 0 bridgehead atoms. The first-order chi connectivity index (χ1) is 20.4. The minimum atomic E-state index is -0.862. The third-order valence-electron chi connectivity index (χ3n) is 8.10. The average Bonchev–Trinajstić information content (AvgIpc) is 3.56. The summed E-state index contributed by atoms with van der Waals surface area (Å²) in [4.78, 5) is 23.2. The summed E-state index contributed by atoms with van der Waals surface area (Å²) in [5, 5.41) is 16.9. The molecule has 1 aliphatic rings. The Balaban J connectivity index is 1.17. The zero-order valence-electron chi connectivity index (χ0n) is 24.6. The SMILES string of the molecule is CCc1cc(-n2ccnc2)cc(C)c1NC(Cc1ccc(N2CCC(CNc3cc(OC)ccn3)CC2)cc1)C(=O)O. The van der Waals surface area contributed by atoms with Crippen LogP contribution in [0.15, 0.2) is 73.4 Å². The number of piperidine rings is 1. The Labute approximate surface area is 247 Å². The van der Waals surface area contributed by atoms with Crippen LogP contribution in [-0.4, -0.2) is 58.4 Å². The molecule has 5 rings (SSSR count). The molecule has 0 saturated carbocycles. The molecule has 1 saturated heterocycles. The van der Waals surface area contributed by atoms with E-state index in [4.69, 9.17) is 4.74 Å². The first kappa shape index (κ1) is 29.0. The second-order valence-corrected chi connectivity index (χ2v) is 10.9. The van der Waals surface area contributed by atoms with Crippen LogP contribution in [0.1, 0.15) is 36.5 Å². The molecule has 9 heteroatoms. The summed E-state index contributed by atoms with van der Waals surface area (Å²) in [6, 6.07) is 15.6. The van der Waals surface area contributed by atoms with Crippen molar-refractivity contribution in [2.45, 2.75) is 45.6 Å². The number of anilines is 3. The Kier molecular flexibility index (Phi) is 9.26. The van der Waals surface area contributed by atoms with E-state index < -0.39 is 12.0 Å². The molecule has 1 aliphatic heterocycles. The van der Waals surface area contributed by atoms with E-state index >= 15 is 0 Å². The summed E-state index contributed by atoms with van der Waals surface area (Å²) in [5.74, 6) is 1.37. The van der Waals surface area contributed by atoms with Gasteiger partial charge in [-0.3, -0.25) is 0 Å². The van der Waals surface area contributed by atoms with Gasteiger partial charge in [0.2, 0.25) is 0 Å². The molecule has 3 N–H and O–H groups in total. The molecule has 220 valence electrons. The molecular formula is C33H40N6O3. The van der Waals surface area contributed by atoms with E-state index in [9.17, 15) is 9.90 Å². The molecule has 0 spiro atoms. The van der Waals surface area contributed by atoms with Gasteiger partial charge in [0.25, 0.3) is 0 Å². The fraction of sp³-hybridized carbons (Fsp3) is 0.364. The predicted molar refractivity (Wildman–Crippen MR) is 167 cm³/mol. The highest BCUT2D eigenvalue weighted by Crippen LogP contribution is 2.28. The molecule has 1 fully saturated rings. The van der Waals surface area contributed by atoms with Crippen LogP contribution in [0, 0.1) is 12.8 Å². The minimum Gasteiger partial charge on any atom is -0.497 e. The molecule has 1 unspecified atom stereocenters. The summed E-state index contributed by atoms with van der Waals surface area (Å²) in [7, 11) is 1.66. The van der Waals surface area contributed by atoms with Crippen molar-refractivity contribution in [2.24, 2.45) is 5.92 Å². The van der Waals surface area contributed by atoms with Crippen molar-refractivity contribution in [1.29, 1.82) is 0 Å². The quantitative estimate of drug-likeness (QED) is 0.203. The highest BCUT2D eigenvalue weighted by atomic mass is 16.5.